The van der Waals surface area contributed by atoms with Crippen LogP contribution in [0.2, 0.25) is 5.02 Å². The second kappa shape index (κ2) is 3.47. The Bertz CT molecular complexity index is 895. The second-order valence-corrected chi connectivity index (χ2v) is 4.70. The van der Waals surface area contributed by atoms with Gasteiger partial charge < -0.3 is 4.42 Å². The van der Waals surface area contributed by atoms with Crippen LogP contribution in [0.25, 0.3) is 32.7 Å². The average Bonchev–Trinajstić information content (AvgIpc) is 2.76. The number of pyridine rings is 1. The Morgan fingerprint density at radius 2 is 1.72 bits per heavy atom. The van der Waals surface area contributed by atoms with Crippen LogP contribution < -0.4 is 0 Å². The fourth-order valence-corrected chi connectivity index (χ4v) is 2.54. The first-order valence-electron chi connectivity index (χ1n) is 5.67. The first kappa shape index (κ1) is 9.92. The maximum atomic E-state index is 6.10. The molecular weight excluding hydrogens is 246 g/mol. The van der Waals surface area contributed by atoms with Gasteiger partial charge in [0.2, 0.25) is 0 Å². The number of fused-ring (bicyclic) bond motifs is 4. The minimum Gasteiger partial charge on any atom is -0.454 e. The van der Waals surface area contributed by atoms with Crippen LogP contribution in [0.4, 0.5) is 0 Å². The molecule has 86 valence electrons. The monoisotopic (exact) mass is 253 g/mol. The van der Waals surface area contributed by atoms with E-state index in [0.29, 0.717) is 10.6 Å². The molecule has 4 rings (SSSR count). The Hall–Kier alpha value is -2.06. The fraction of sp³-hybridized carbons (Fsp3) is 0. The fourth-order valence-electron chi connectivity index (χ4n) is 2.34. The van der Waals surface area contributed by atoms with Crippen LogP contribution >= 0.6 is 11.6 Å². The molecule has 0 amide bonds. The van der Waals surface area contributed by atoms with E-state index in [-0.39, 0.29) is 0 Å². The Kier molecular flexibility index (Phi) is 1.91. The highest BCUT2D eigenvalue weighted by Gasteiger charge is 2.10. The quantitative estimate of drug-likeness (QED) is 0.450. The van der Waals surface area contributed by atoms with Crippen molar-refractivity contribution >= 4 is 44.3 Å². The molecule has 0 saturated heterocycles. The van der Waals surface area contributed by atoms with E-state index < -0.39 is 0 Å². The Morgan fingerprint density at radius 3 is 2.56 bits per heavy atom. The van der Waals surface area contributed by atoms with E-state index in [2.05, 4.69) is 23.2 Å². The van der Waals surface area contributed by atoms with Crippen molar-refractivity contribution in [3.63, 3.8) is 0 Å². The van der Waals surface area contributed by atoms with Crippen LogP contribution in [-0.4, -0.2) is 4.98 Å². The number of halogens is 1. The highest BCUT2D eigenvalue weighted by Crippen LogP contribution is 2.34. The lowest BCUT2D eigenvalue weighted by atomic mass is 10.1. The summed E-state index contributed by atoms with van der Waals surface area (Å²) in [6.07, 6.45) is 3.40. The summed E-state index contributed by atoms with van der Waals surface area (Å²) in [6.45, 7) is 0. The van der Waals surface area contributed by atoms with Crippen molar-refractivity contribution in [2.75, 3.05) is 0 Å². The lowest BCUT2D eigenvalue weighted by molar-refractivity contribution is 0.669. The average molecular weight is 254 g/mol. The lowest BCUT2D eigenvalue weighted by Crippen LogP contribution is -1.73. The third kappa shape index (κ3) is 1.27. The van der Waals surface area contributed by atoms with Gasteiger partial charge in [-0.3, -0.25) is 4.98 Å². The summed E-state index contributed by atoms with van der Waals surface area (Å²) in [5.74, 6) is 0. The molecule has 18 heavy (non-hydrogen) atoms. The van der Waals surface area contributed by atoms with Crippen LogP contribution in [0.5, 0.6) is 0 Å². The van der Waals surface area contributed by atoms with Crippen LogP contribution in [0.3, 0.4) is 0 Å². The third-order valence-corrected chi connectivity index (χ3v) is 3.47. The van der Waals surface area contributed by atoms with Crippen molar-refractivity contribution in [1.29, 1.82) is 0 Å². The Balaban J connectivity index is 2.27. The van der Waals surface area contributed by atoms with Crippen LogP contribution in [0.1, 0.15) is 0 Å². The topological polar surface area (TPSA) is 26.0 Å². The summed E-state index contributed by atoms with van der Waals surface area (Å²) >= 11 is 6.10. The molecule has 0 fully saturated rings. The van der Waals surface area contributed by atoms with E-state index in [9.17, 15) is 0 Å². The van der Waals surface area contributed by atoms with E-state index in [1.54, 1.807) is 12.4 Å². The highest BCUT2D eigenvalue weighted by molar-refractivity contribution is 6.35. The molecule has 0 bridgehead atoms. The molecular formula is C15H8ClNO. The molecule has 2 aromatic carbocycles. The number of furan rings is 1. The maximum absolute atomic E-state index is 6.10. The van der Waals surface area contributed by atoms with Crippen LogP contribution in [-0.2, 0) is 0 Å². The van der Waals surface area contributed by atoms with Crippen LogP contribution in [0, 0.1) is 0 Å². The molecule has 0 saturated carbocycles. The molecule has 0 aliphatic rings. The zero-order valence-corrected chi connectivity index (χ0v) is 10.1. The standard InChI is InChI=1S/C15H8ClNO/c16-13-8-17-7-12-11-5-9-3-1-2-4-10(9)6-14(11)18-15(12)13/h1-8H. The molecule has 0 radical (unpaired) electrons. The first-order chi connectivity index (χ1) is 8.83. The summed E-state index contributed by atoms with van der Waals surface area (Å²) in [5, 5.41) is 4.91. The van der Waals surface area contributed by atoms with Crippen molar-refractivity contribution in [3.05, 3.63) is 53.8 Å². The van der Waals surface area contributed by atoms with Crippen molar-refractivity contribution in [2.45, 2.75) is 0 Å². The van der Waals surface area contributed by atoms with Gasteiger partial charge in [0.15, 0.2) is 5.58 Å². The second-order valence-electron chi connectivity index (χ2n) is 4.30. The van der Waals surface area contributed by atoms with E-state index in [0.717, 1.165) is 21.7 Å². The molecule has 0 aliphatic heterocycles. The van der Waals surface area contributed by atoms with Crippen molar-refractivity contribution in [3.8, 4) is 0 Å². The summed E-state index contributed by atoms with van der Waals surface area (Å²) < 4.78 is 5.82. The molecule has 0 atom stereocenters. The number of aromatic nitrogens is 1. The third-order valence-electron chi connectivity index (χ3n) is 3.20. The van der Waals surface area contributed by atoms with Gasteiger partial charge in [0.05, 0.1) is 0 Å². The minimum atomic E-state index is 0.549. The zero-order valence-electron chi connectivity index (χ0n) is 9.35. The predicted octanol–water partition coefficient (Wildman–Crippen LogP) is 4.79. The molecule has 0 spiro atoms. The van der Waals surface area contributed by atoms with Gasteiger partial charge in [-0.15, -0.1) is 0 Å². The molecule has 2 heterocycles. The van der Waals surface area contributed by atoms with Gasteiger partial charge in [-0.2, -0.15) is 0 Å². The molecule has 0 N–H and O–H groups in total. The zero-order chi connectivity index (χ0) is 12.1. The minimum absolute atomic E-state index is 0.549. The summed E-state index contributed by atoms with van der Waals surface area (Å²) in [4.78, 5) is 4.12. The Labute approximate surface area is 108 Å². The van der Waals surface area contributed by atoms with E-state index in [1.807, 2.05) is 18.2 Å². The van der Waals surface area contributed by atoms with Gasteiger partial charge in [0.25, 0.3) is 0 Å². The number of rotatable bonds is 0. The van der Waals surface area contributed by atoms with Gasteiger partial charge in [-0.05, 0) is 22.9 Å². The van der Waals surface area contributed by atoms with Crippen molar-refractivity contribution in [2.24, 2.45) is 0 Å². The molecule has 0 aliphatic carbocycles. The molecule has 4 aromatic rings. The SMILES string of the molecule is Clc1cncc2c1oc1cc3ccccc3cc12. The number of benzene rings is 2. The van der Waals surface area contributed by atoms with Gasteiger partial charge in [-0.25, -0.2) is 0 Å². The normalized spacial score (nSPS) is 11.6. The molecule has 2 aromatic heterocycles. The highest BCUT2D eigenvalue weighted by atomic mass is 35.5. The molecule has 3 heteroatoms. The number of nitrogens with zero attached hydrogens (tertiary/aromatic N) is 1. The van der Waals surface area contributed by atoms with Gasteiger partial charge in [0.1, 0.15) is 10.6 Å². The summed E-state index contributed by atoms with van der Waals surface area (Å²) in [6, 6.07) is 12.4. The van der Waals surface area contributed by atoms with E-state index >= 15 is 0 Å². The lowest BCUT2D eigenvalue weighted by Gasteiger charge is -1.96. The number of hydrogen-bond acceptors (Lipinski definition) is 2. The number of hydrogen-bond donors (Lipinski definition) is 0. The molecule has 0 unspecified atom stereocenters. The van der Waals surface area contributed by atoms with E-state index in [1.165, 1.54) is 5.39 Å². The van der Waals surface area contributed by atoms with Gasteiger partial charge >= 0.3 is 0 Å². The summed E-state index contributed by atoms with van der Waals surface area (Å²) in [5.41, 5.74) is 1.55. The maximum Gasteiger partial charge on any atom is 0.157 e. The van der Waals surface area contributed by atoms with Gasteiger partial charge in [0, 0.05) is 23.2 Å². The smallest absolute Gasteiger partial charge is 0.157 e. The van der Waals surface area contributed by atoms with Crippen molar-refractivity contribution in [1.82, 2.24) is 4.98 Å². The largest absolute Gasteiger partial charge is 0.454 e. The van der Waals surface area contributed by atoms with E-state index in [4.69, 9.17) is 16.0 Å². The predicted molar refractivity (Wildman–Crippen MR) is 74.0 cm³/mol. The van der Waals surface area contributed by atoms with Crippen molar-refractivity contribution < 1.29 is 4.42 Å². The van der Waals surface area contributed by atoms with Crippen LogP contribution in [0.15, 0.2) is 53.2 Å². The Morgan fingerprint density at radius 1 is 0.944 bits per heavy atom. The molecule has 2 nitrogen and oxygen atoms in total. The first-order valence-corrected chi connectivity index (χ1v) is 6.05. The van der Waals surface area contributed by atoms with Gasteiger partial charge in [-0.1, -0.05) is 35.9 Å². The summed E-state index contributed by atoms with van der Waals surface area (Å²) in [7, 11) is 0.